The maximum atomic E-state index is 12.2. The fraction of sp³-hybridized carbons (Fsp3) is 0.538. The fourth-order valence-electron chi connectivity index (χ4n) is 1.69. The number of aliphatic hydroxyl groups is 1. The molecule has 4 nitrogen and oxygen atoms in total. The minimum atomic E-state index is -2.86. The van der Waals surface area contributed by atoms with Crippen molar-refractivity contribution in [3.8, 4) is 5.75 Å². The van der Waals surface area contributed by atoms with Gasteiger partial charge in [0, 0.05) is 13.7 Å². The highest BCUT2D eigenvalue weighted by Gasteiger charge is 2.25. The zero-order chi connectivity index (χ0) is 14.3. The van der Waals surface area contributed by atoms with Crippen molar-refractivity contribution in [3.05, 3.63) is 29.8 Å². The number of aliphatic hydroxyl groups excluding tert-OH is 1. The molecule has 108 valence electrons. The molecule has 0 heterocycles. The molecule has 0 aliphatic rings. The number of rotatable bonds is 8. The molecule has 1 aromatic rings. The topological polar surface area (TPSA) is 50.7 Å². The highest BCUT2D eigenvalue weighted by Crippen LogP contribution is 2.25. The van der Waals surface area contributed by atoms with Crippen LogP contribution in [0.5, 0.6) is 5.75 Å². The summed E-state index contributed by atoms with van der Waals surface area (Å²) in [7, 11) is 1.58. The van der Waals surface area contributed by atoms with E-state index in [2.05, 4.69) is 10.1 Å². The highest BCUT2D eigenvalue weighted by molar-refractivity contribution is 5.33. The molecule has 1 rings (SSSR count). The van der Waals surface area contributed by atoms with Gasteiger partial charge in [-0.3, -0.25) is 0 Å². The Hall–Kier alpha value is -1.24. The summed E-state index contributed by atoms with van der Waals surface area (Å²) in [4.78, 5) is 0. The number of alkyl halides is 2. The van der Waals surface area contributed by atoms with Gasteiger partial charge in [-0.05, 0) is 24.6 Å². The van der Waals surface area contributed by atoms with Crippen LogP contribution in [0.1, 0.15) is 12.5 Å². The first kappa shape index (κ1) is 15.8. The number of benzene rings is 1. The first-order valence-electron chi connectivity index (χ1n) is 5.92. The molecule has 0 aliphatic carbocycles. The van der Waals surface area contributed by atoms with Crippen molar-refractivity contribution in [2.24, 2.45) is 0 Å². The molecule has 0 saturated carbocycles. The van der Waals surface area contributed by atoms with Gasteiger partial charge >= 0.3 is 6.61 Å². The second kappa shape index (κ2) is 7.37. The molecule has 19 heavy (non-hydrogen) atoms. The van der Waals surface area contributed by atoms with Crippen LogP contribution >= 0.6 is 0 Å². The summed E-state index contributed by atoms with van der Waals surface area (Å²) in [6, 6.07) is 6.29. The lowest BCUT2D eigenvalue weighted by Gasteiger charge is -2.29. The van der Waals surface area contributed by atoms with Gasteiger partial charge in [-0.25, -0.2) is 0 Å². The average molecular weight is 275 g/mol. The van der Waals surface area contributed by atoms with Gasteiger partial charge in [-0.1, -0.05) is 12.1 Å². The Morgan fingerprint density at radius 2 is 2.16 bits per heavy atom. The summed E-state index contributed by atoms with van der Waals surface area (Å²) in [5, 5.41) is 12.6. The minimum Gasteiger partial charge on any atom is -0.435 e. The van der Waals surface area contributed by atoms with Crippen LogP contribution in [0, 0.1) is 0 Å². The van der Waals surface area contributed by atoms with E-state index in [0.29, 0.717) is 18.7 Å². The third kappa shape index (κ3) is 4.74. The number of ether oxygens (including phenoxy) is 2. The van der Waals surface area contributed by atoms with Gasteiger partial charge in [-0.2, -0.15) is 8.78 Å². The van der Waals surface area contributed by atoms with Crippen LogP contribution in [0.4, 0.5) is 8.78 Å². The molecule has 6 heteroatoms. The number of halogens is 2. The van der Waals surface area contributed by atoms with Gasteiger partial charge in [-0.15, -0.1) is 0 Å². The Kier molecular flexibility index (Phi) is 6.14. The third-order valence-corrected chi connectivity index (χ3v) is 2.83. The molecule has 1 unspecified atom stereocenters. The van der Waals surface area contributed by atoms with Crippen LogP contribution in [0.3, 0.4) is 0 Å². The Labute approximate surface area is 111 Å². The maximum absolute atomic E-state index is 12.2. The van der Waals surface area contributed by atoms with Crippen molar-refractivity contribution in [1.82, 2.24) is 5.32 Å². The molecule has 0 saturated heterocycles. The lowest BCUT2D eigenvalue weighted by atomic mass is 9.92. The Morgan fingerprint density at radius 3 is 2.74 bits per heavy atom. The number of nitrogens with one attached hydrogen (secondary N) is 1. The molecule has 1 aromatic carbocycles. The van der Waals surface area contributed by atoms with Crippen molar-refractivity contribution in [3.63, 3.8) is 0 Å². The highest BCUT2D eigenvalue weighted by atomic mass is 19.3. The summed E-state index contributed by atoms with van der Waals surface area (Å²) in [6.45, 7) is -0.230. The van der Waals surface area contributed by atoms with Crippen molar-refractivity contribution in [1.29, 1.82) is 0 Å². The molecule has 0 aromatic heterocycles. The van der Waals surface area contributed by atoms with Gasteiger partial charge in [0.1, 0.15) is 5.75 Å². The van der Waals surface area contributed by atoms with Crippen LogP contribution in [0.2, 0.25) is 0 Å². The van der Waals surface area contributed by atoms with Crippen molar-refractivity contribution in [2.75, 3.05) is 26.9 Å². The van der Waals surface area contributed by atoms with Gasteiger partial charge in [0.25, 0.3) is 0 Å². The van der Waals surface area contributed by atoms with Gasteiger partial charge in [0.2, 0.25) is 0 Å². The van der Waals surface area contributed by atoms with E-state index in [1.807, 2.05) is 0 Å². The first-order chi connectivity index (χ1) is 9.01. The molecule has 0 radical (unpaired) electrons. The van der Waals surface area contributed by atoms with Crippen LogP contribution in [-0.2, 0) is 10.3 Å². The van der Waals surface area contributed by atoms with E-state index in [1.165, 1.54) is 12.1 Å². The van der Waals surface area contributed by atoms with Crippen molar-refractivity contribution < 1.29 is 23.4 Å². The van der Waals surface area contributed by atoms with E-state index in [9.17, 15) is 13.9 Å². The lowest BCUT2D eigenvalue weighted by molar-refractivity contribution is -0.0499. The fourth-order valence-corrected chi connectivity index (χ4v) is 1.69. The van der Waals surface area contributed by atoms with E-state index in [4.69, 9.17) is 4.74 Å². The molecule has 0 fully saturated rings. The summed E-state index contributed by atoms with van der Waals surface area (Å²) in [5.74, 6) is 0.0701. The zero-order valence-electron chi connectivity index (χ0n) is 11.0. The van der Waals surface area contributed by atoms with Crippen molar-refractivity contribution >= 4 is 0 Å². The normalized spacial score (nSPS) is 14.4. The summed E-state index contributed by atoms with van der Waals surface area (Å²) >= 11 is 0. The number of hydrogen-bond donors (Lipinski definition) is 2. The summed E-state index contributed by atoms with van der Waals surface area (Å²) in [5.41, 5.74) is -0.0655. The van der Waals surface area contributed by atoms with Gasteiger partial charge in [0.15, 0.2) is 0 Å². The van der Waals surface area contributed by atoms with Crippen LogP contribution in [-0.4, -0.2) is 38.6 Å². The molecule has 2 N–H and O–H groups in total. The quantitative estimate of drug-likeness (QED) is 0.709. The Morgan fingerprint density at radius 1 is 1.42 bits per heavy atom. The zero-order valence-corrected chi connectivity index (χ0v) is 11.0. The van der Waals surface area contributed by atoms with E-state index >= 15 is 0 Å². The molecule has 1 atom stereocenters. The standard InChI is InChI=1S/C13H19F2NO3/c1-13(9-17,16-6-7-18-2)10-4-3-5-11(8-10)19-12(14)15/h3-5,8,12,16-17H,6-7,9H2,1-2H3. The smallest absolute Gasteiger partial charge is 0.387 e. The number of hydrogen-bond acceptors (Lipinski definition) is 4. The first-order valence-corrected chi connectivity index (χ1v) is 5.92. The molecular formula is C13H19F2NO3. The molecule has 0 aliphatic heterocycles. The SMILES string of the molecule is COCCNC(C)(CO)c1cccc(OC(F)F)c1. The minimum absolute atomic E-state index is 0.0701. The van der Waals surface area contributed by atoms with E-state index in [0.717, 1.165) is 0 Å². The molecule has 0 spiro atoms. The van der Waals surface area contributed by atoms with Gasteiger partial charge in [0.05, 0.1) is 18.8 Å². The summed E-state index contributed by atoms with van der Waals surface area (Å²) < 4.78 is 33.6. The molecular weight excluding hydrogens is 256 g/mol. The molecule has 0 bridgehead atoms. The number of methoxy groups -OCH3 is 1. The van der Waals surface area contributed by atoms with Crippen LogP contribution in [0.25, 0.3) is 0 Å². The summed E-state index contributed by atoms with van der Waals surface area (Å²) in [6.07, 6.45) is 0. The Balaban J connectivity index is 2.84. The third-order valence-electron chi connectivity index (χ3n) is 2.83. The predicted octanol–water partition coefficient (Wildman–Crippen LogP) is 1.73. The van der Waals surface area contributed by atoms with Crippen molar-refractivity contribution in [2.45, 2.75) is 19.1 Å². The Bertz CT molecular complexity index is 390. The van der Waals surface area contributed by atoms with E-state index in [-0.39, 0.29) is 12.4 Å². The van der Waals surface area contributed by atoms with Crippen LogP contribution < -0.4 is 10.1 Å². The van der Waals surface area contributed by atoms with E-state index in [1.54, 1.807) is 26.2 Å². The largest absolute Gasteiger partial charge is 0.435 e. The maximum Gasteiger partial charge on any atom is 0.387 e. The monoisotopic (exact) mass is 275 g/mol. The molecule has 0 amide bonds. The van der Waals surface area contributed by atoms with Crippen LogP contribution in [0.15, 0.2) is 24.3 Å². The second-order valence-electron chi connectivity index (χ2n) is 4.32. The average Bonchev–Trinajstić information content (AvgIpc) is 2.38. The van der Waals surface area contributed by atoms with Gasteiger partial charge < -0.3 is 19.9 Å². The second-order valence-corrected chi connectivity index (χ2v) is 4.32. The van der Waals surface area contributed by atoms with E-state index < -0.39 is 12.2 Å². The lowest BCUT2D eigenvalue weighted by Crippen LogP contribution is -2.44. The predicted molar refractivity (Wildman–Crippen MR) is 67.4 cm³/mol.